The molecule has 0 aromatic heterocycles. The number of rotatable bonds is 9. The van der Waals surface area contributed by atoms with Crippen molar-refractivity contribution >= 4 is 0 Å². The van der Waals surface area contributed by atoms with Gasteiger partial charge in [-0.1, -0.05) is 39.0 Å². The first-order valence-electron chi connectivity index (χ1n) is 7.00. The van der Waals surface area contributed by atoms with Crippen molar-refractivity contribution < 1.29 is 22.6 Å². The molecule has 0 atom stereocenters. The molecule has 0 aliphatic rings. The monoisotopic (exact) mass is 290 g/mol. The second kappa shape index (κ2) is 8.72. The zero-order valence-corrected chi connectivity index (χ0v) is 11.7. The van der Waals surface area contributed by atoms with Gasteiger partial charge in [0.05, 0.1) is 6.61 Å². The van der Waals surface area contributed by atoms with Gasteiger partial charge < -0.3 is 9.47 Å². The summed E-state index contributed by atoms with van der Waals surface area (Å²) in [6, 6.07) is 5.48. The molecule has 1 rings (SSSR count). The van der Waals surface area contributed by atoms with Crippen molar-refractivity contribution in [2.24, 2.45) is 0 Å². The van der Waals surface area contributed by atoms with Gasteiger partial charge in [0.2, 0.25) is 0 Å². The number of unbranched alkanes of at least 4 members (excludes halogenated alkanes) is 5. The molecule has 0 bridgehead atoms. The second-order valence-electron chi connectivity index (χ2n) is 4.64. The van der Waals surface area contributed by atoms with Crippen LogP contribution in [0, 0.1) is 0 Å². The molecule has 0 aliphatic heterocycles. The van der Waals surface area contributed by atoms with E-state index in [0.29, 0.717) is 12.4 Å². The van der Waals surface area contributed by atoms with Crippen molar-refractivity contribution in [3.05, 3.63) is 24.3 Å². The van der Waals surface area contributed by atoms with Crippen molar-refractivity contribution in [1.82, 2.24) is 0 Å². The number of alkyl halides is 3. The van der Waals surface area contributed by atoms with E-state index in [-0.39, 0.29) is 5.75 Å². The molecule has 20 heavy (non-hydrogen) atoms. The molecule has 1 aromatic rings. The number of hydrogen-bond donors (Lipinski definition) is 0. The number of ether oxygens (including phenoxy) is 2. The van der Waals surface area contributed by atoms with Crippen molar-refractivity contribution in [3.8, 4) is 11.5 Å². The average Bonchev–Trinajstić information content (AvgIpc) is 2.38. The summed E-state index contributed by atoms with van der Waals surface area (Å²) in [4.78, 5) is 0. The molecule has 0 saturated carbocycles. The van der Waals surface area contributed by atoms with Gasteiger partial charge in [-0.25, -0.2) is 0 Å². The zero-order chi connectivity index (χ0) is 14.8. The van der Waals surface area contributed by atoms with E-state index >= 15 is 0 Å². The van der Waals surface area contributed by atoms with E-state index in [9.17, 15) is 13.2 Å². The largest absolute Gasteiger partial charge is 0.573 e. The van der Waals surface area contributed by atoms with Crippen molar-refractivity contribution in [2.75, 3.05) is 6.61 Å². The first-order valence-corrected chi connectivity index (χ1v) is 7.00. The molecule has 0 fully saturated rings. The lowest BCUT2D eigenvalue weighted by molar-refractivity contribution is -0.274. The Morgan fingerprint density at radius 2 is 1.40 bits per heavy atom. The summed E-state index contributed by atoms with van der Waals surface area (Å²) in [6.07, 6.45) is 2.38. The molecule has 0 heterocycles. The van der Waals surface area contributed by atoms with E-state index in [4.69, 9.17) is 4.74 Å². The zero-order valence-electron chi connectivity index (χ0n) is 11.7. The number of hydrogen-bond acceptors (Lipinski definition) is 2. The molecule has 0 unspecified atom stereocenters. The SMILES string of the molecule is CCCCCCCCOc1ccc(OC(F)(F)F)cc1. The molecule has 0 radical (unpaired) electrons. The molecule has 0 saturated heterocycles. The first-order chi connectivity index (χ1) is 9.51. The lowest BCUT2D eigenvalue weighted by atomic mass is 10.1. The van der Waals surface area contributed by atoms with Gasteiger partial charge in [-0.3, -0.25) is 0 Å². The second-order valence-corrected chi connectivity index (χ2v) is 4.64. The van der Waals surface area contributed by atoms with E-state index < -0.39 is 6.36 Å². The fourth-order valence-corrected chi connectivity index (χ4v) is 1.81. The van der Waals surface area contributed by atoms with E-state index in [2.05, 4.69) is 11.7 Å². The summed E-state index contributed by atoms with van der Waals surface area (Å²) in [5.74, 6) is 0.331. The molecular weight excluding hydrogens is 269 g/mol. The molecule has 2 nitrogen and oxygen atoms in total. The maximum atomic E-state index is 12.0. The Bertz CT molecular complexity index is 360. The van der Waals surface area contributed by atoms with Gasteiger partial charge in [-0.05, 0) is 30.7 Å². The van der Waals surface area contributed by atoms with Gasteiger partial charge in [0.15, 0.2) is 0 Å². The van der Waals surface area contributed by atoms with Crippen LogP contribution in [-0.4, -0.2) is 13.0 Å². The van der Waals surface area contributed by atoms with Gasteiger partial charge in [0.25, 0.3) is 0 Å². The van der Waals surface area contributed by atoms with Crippen LogP contribution in [-0.2, 0) is 0 Å². The Hall–Kier alpha value is -1.39. The average molecular weight is 290 g/mol. The normalized spacial score (nSPS) is 11.4. The fraction of sp³-hybridized carbons (Fsp3) is 0.600. The van der Waals surface area contributed by atoms with Crippen LogP contribution < -0.4 is 9.47 Å². The van der Waals surface area contributed by atoms with Gasteiger partial charge >= 0.3 is 6.36 Å². The van der Waals surface area contributed by atoms with Crippen LogP contribution in [0.25, 0.3) is 0 Å². The fourth-order valence-electron chi connectivity index (χ4n) is 1.81. The quantitative estimate of drug-likeness (QED) is 0.573. The Morgan fingerprint density at radius 1 is 0.850 bits per heavy atom. The maximum Gasteiger partial charge on any atom is 0.573 e. The molecule has 1 aromatic carbocycles. The highest BCUT2D eigenvalue weighted by Gasteiger charge is 2.30. The van der Waals surface area contributed by atoms with Crippen molar-refractivity contribution in [1.29, 1.82) is 0 Å². The van der Waals surface area contributed by atoms with Gasteiger partial charge in [-0.15, -0.1) is 13.2 Å². The van der Waals surface area contributed by atoms with Gasteiger partial charge in [0.1, 0.15) is 11.5 Å². The van der Waals surface area contributed by atoms with E-state index in [1.807, 2.05) is 0 Å². The summed E-state index contributed by atoms with van der Waals surface area (Å²) in [5, 5.41) is 0. The standard InChI is InChI=1S/C15H21F3O2/c1-2-3-4-5-6-7-12-19-13-8-10-14(11-9-13)20-15(16,17)18/h8-11H,2-7,12H2,1H3. The minimum atomic E-state index is -4.65. The lowest BCUT2D eigenvalue weighted by Crippen LogP contribution is -2.16. The summed E-state index contributed by atoms with van der Waals surface area (Å²) < 4.78 is 45.1. The topological polar surface area (TPSA) is 18.5 Å². The van der Waals surface area contributed by atoms with Crippen LogP contribution >= 0.6 is 0 Å². The maximum absolute atomic E-state index is 12.0. The molecule has 0 spiro atoms. The van der Waals surface area contributed by atoms with E-state index in [1.165, 1.54) is 49.9 Å². The molecule has 0 N–H and O–H groups in total. The minimum absolute atomic E-state index is 0.232. The Balaban J connectivity index is 2.18. The highest BCUT2D eigenvalue weighted by Crippen LogP contribution is 2.24. The van der Waals surface area contributed by atoms with Crippen LogP contribution in [0.2, 0.25) is 0 Å². The summed E-state index contributed by atoms with van der Waals surface area (Å²) >= 11 is 0. The molecular formula is C15H21F3O2. The number of halogens is 3. The first kappa shape index (κ1) is 16.7. The molecule has 0 amide bonds. The minimum Gasteiger partial charge on any atom is -0.494 e. The van der Waals surface area contributed by atoms with E-state index in [1.54, 1.807) is 0 Å². The third-order valence-electron chi connectivity index (χ3n) is 2.82. The van der Waals surface area contributed by atoms with Crippen molar-refractivity contribution in [2.45, 2.75) is 51.8 Å². The van der Waals surface area contributed by atoms with Crippen LogP contribution in [0.5, 0.6) is 11.5 Å². The molecule has 0 aliphatic carbocycles. The Kier molecular flexibility index (Phi) is 7.26. The van der Waals surface area contributed by atoms with E-state index in [0.717, 1.165) is 12.8 Å². The lowest BCUT2D eigenvalue weighted by Gasteiger charge is -2.10. The van der Waals surface area contributed by atoms with Crippen LogP contribution in [0.3, 0.4) is 0 Å². The third-order valence-corrected chi connectivity index (χ3v) is 2.82. The van der Waals surface area contributed by atoms with Crippen LogP contribution in [0.1, 0.15) is 45.4 Å². The van der Waals surface area contributed by atoms with Gasteiger partial charge in [-0.2, -0.15) is 0 Å². The summed E-state index contributed by atoms with van der Waals surface area (Å²) in [5.41, 5.74) is 0. The van der Waals surface area contributed by atoms with Crippen LogP contribution in [0.4, 0.5) is 13.2 Å². The Labute approximate surface area is 117 Å². The molecule has 5 heteroatoms. The number of benzene rings is 1. The highest BCUT2D eigenvalue weighted by molar-refractivity contribution is 5.31. The van der Waals surface area contributed by atoms with Gasteiger partial charge in [0, 0.05) is 0 Å². The predicted molar refractivity (Wildman–Crippen MR) is 72.0 cm³/mol. The third kappa shape index (κ3) is 7.92. The smallest absolute Gasteiger partial charge is 0.494 e. The molecule has 114 valence electrons. The Morgan fingerprint density at radius 3 is 2.00 bits per heavy atom. The van der Waals surface area contributed by atoms with Crippen LogP contribution in [0.15, 0.2) is 24.3 Å². The summed E-state index contributed by atoms with van der Waals surface area (Å²) in [6.45, 7) is 2.76. The predicted octanol–water partition coefficient (Wildman–Crippen LogP) is 5.32. The highest BCUT2D eigenvalue weighted by atomic mass is 19.4. The van der Waals surface area contributed by atoms with Crippen molar-refractivity contribution in [3.63, 3.8) is 0 Å². The summed E-state index contributed by atoms with van der Waals surface area (Å²) in [7, 11) is 0.